The molecule has 0 unspecified atom stereocenters. The molecule has 224 valence electrons. The number of nitrogens with one attached hydrogen (secondary N) is 2. The number of hydrogen-bond donors (Lipinski definition) is 2. The van der Waals surface area contributed by atoms with Gasteiger partial charge in [-0.2, -0.15) is 9.41 Å². The Labute approximate surface area is 259 Å². The van der Waals surface area contributed by atoms with E-state index >= 15 is 0 Å². The van der Waals surface area contributed by atoms with Gasteiger partial charge in [0, 0.05) is 16.6 Å². The summed E-state index contributed by atoms with van der Waals surface area (Å²) in [6.07, 6.45) is 1.19. The lowest BCUT2D eigenvalue weighted by Crippen LogP contribution is -2.32. The molecule has 2 N–H and O–H groups in total. The van der Waals surface area contributed by atoms with Crippen LogP contribution in [0, 0.1) is 6.92 Å². The van der Waals surface area contributed by atoms with Crippen molar-refractivity contribution in [1.82, 2.24) is 9.73 Å². The van der Waals surface area contributed by atoms with Crippen molar-refractivity contribution in [3.05, 3.63) is 112 Å². The highest BCUT2D eigenvalue weighted by Crippen LogP contribution is 2.27. The maximum Gasteiger partial charge on any atom is 0.329 e. The molecule has 0 saturated carbocycles. The highest BCUT2D eigenvalue weighted by Gasteiger charge is 2.27. The van der Waals surface area contributed by atoms with Gasteiger partial charge in [0.05, 0.1) is 29.9 Å². The maximum absolute atomic E-state index is 13.6. The van der Waals surface area contributed by atoms with Crippen molar-refractivity contribution in [2.75, 3.05) is 11.9 Å². The van der Waals surface area contributed by atoms with Crippen molar-refractivity contribution in [3.63, 3.8) is 0 Å². The topological polar surface area (TPSA) is 130 Å². The van der Waals surface area contributed by atoms with E-state index in [-0.39, 0.29) is 23.7 Å². The van der Waals surface area contributed by atoms with Crippen LogP contribution in [0.25, 0.3) is 0 Å². The zero-order valence-corrected chi connectivity index (χ0v) is 25.5. The molecular formula is C30H28Cl2N4O6S. The number of para-hydroxylation sites is 2. The Bertz CT molecular complexity index is 1740. The second-order valence-electron chi connectivity index (χ2n) is 9.21. The van der Waals surface area contributed by atoms with Crippen molar-refractivity contribution in [1.29, 1.82) is 0 Å². The van der Waals surface area contributed by atoms with E-state index in [9.17, 15) is 18.0 Å². The van der Waals surface area contributed by atoms with Crippen LogP contribution in [0.2, 0.25) is 10.0 Å². The Morgan fingerprint density at radius 3 is 2.44 bits per heavy atom. The number of benzene rings is 3. The number of aryl methyl sites for hydroxylation is 1. The van der Waals surface area contributed by atoms with E-state index in [1.807, 2.05) is 6.92 Å². The lowest BCUT2D eigenvalue weighted by atomic mass is 10.2. The second kappa shape index (κ2) is 14.3. The summed E-state index contributed by atoms with van der Waals surface area (Å²) in [4.78, 5) is 24.7. The predicted molar refractivity (Wildman–Crippen MR) is 165 cm³/mol. The largest absolute Gasteiger partial charge is 0.492 e. The molecule has 2 amide bonds. The SMILES string of the molecule is CCOc1ccccc1NC(=O)C(=O)N/N=C/c1ccc(CN(Cc2ccc(Cl)cc2Cl)S(=O)(=O)c2ccc(C)cc2)o1. The Morgan fingerprint density at radius 1 is 0.977 bits per heavy atom. The van der Waals surface area contributed by atoms with Crippen molar-refractivity contribution in [2.45, 2.75) is 31.8 Å². The van der Waals surface area contributed by atoms with Crippen molar-refractivity contribution >= 4 is 56.9 Å². The molecule has 1 heterocycles. The van der Waals surface area contributed by atoms with Gasteiger partial charge < -0.3 is 14.5 Å². The van der Waals surface area contributed by atoms with Crippen LogP contribution in [0.3, 0.4) is 0 Å². The molecule has 0 aliphatic heterocycles. The highest BCUT2D eigenvalue weighted by molar-refractivity contribution is 7.89. The first-order chi connectivity index (χ1) is 20.6. The number of sulfonamides is 1. The van der Waals surface area contributed by atoms with E-state index in [2.05, 4.69) is 15.8 Å². The zero-order valence-electron chi connectivity index (χ0n) is 23.2. The minimum Gasteiger partial charge on any atom is -0.492 e. The number of carbonyl (C=O) groups is 2. The van der Waals surface area contributed by atoms with Crippen LogP contribution >= 0.6 is 23.2 Å². The molecule has 0 aliphatic rings. The average Bonchev–Trinajstić information content (AvgIpc) is 3.42. The Hall–Kier alpha value is -4.16. The smallest absolute Gasteiger partial charge is 0.329 e. The molecule has 13 heteroatoms. The molecule has 0 fully saturated rings. The van der Waals surface area contributed by atoms with Gasteiger partial charge in [0.15, 0.2) is 0 Å². The first kappa shape index (κ1) is 31.8. The summed E-state index contributed by atoms with van der Waals surface area (Å²) >= 11 is 12.4. The van der Waals surface area contributed by atoms with E-state index in [0.29, 0.717) is 39.4 Å². The molecule has 4 rings (SSSR count). The molecule has 3 aromatic carbocycles. The number of carbonyl (C=O) groups excluding carboxylic acids is 2. The van der Waals surface area contributed by atoms with E-state index in [4.69, 9.17) is 32.4 Å². The summed E-state index contributed by atoms with van der Waals surface area (Å²) in [5.74, 6) is -1.00. The average molecular weight is 644 g/mol. The zero-order chi connectivity index (χ0) is 31.0. The monoisotopic (exact) mass is 642 g/mol. The van der Waals surface area contributed by atoms with Gasteiger partial charge in [0.1, 0.15) is 17.3 Å². The summed E-state index contributed by atoms with van der Waals surface area (Å²) in [6.45, 7) is 3.88. The molecule has 43 heavy (non-hydrogen) atoms. The molecule has 1 aromatic heterocycles. The van der Waals surface area contributed by atoms with Crippen LogP contribution < -0.4 is 15.5 Å². The molecule has 0 aliphatic carbocycles. The number of anilines is 1. The predicted octanol–water partition coefficient (Wildman–Crippen LogP) is 5.77. The fourth-order valence-corrected chi connectivity index (χ4v) is 5.74. The molecule has 0 saturated heterocycles. The quantitative estimate of drug-likeness (QED) is 0.121. The maximum atomic E-state index is 13.6. The van der Waals surface area contributed by atoms with Crippen LogP contribution in [0.1, 0.15) is 29.6 Å². The summed E-state index contributed by atoms with van der Waals surface area (Å²) in [5, 5.41) is 7.00. The number of ether oxygens (including phenoxy) is 1. The van der Waals surface area contributed by atoms with Crippen LogP contribution in [0.5, 0.6) is 5.75 Å². The van der Waals surface area contributed by atoms with Crippen molar-refractivity contribution in [3.8, 4) is 5.75 Å². The molecular weight excluding hydrogens is 615 g/mol. The fraction of sp³-hybridized carbons (Fsp3) is 0.167. The number of halogens is 2. The normalized spacial score (nSPS) is 11.6. The third-order valence-electron chi connectivity index (χ3n) is 6.03. The second-order valence-corrected chi connectivity index (χ2v) is 12.0. The van der Waals surface area contributed by atoms with Gasteiger partial charge in [-0.25, -0.2) is 13.8 Å². The van der Waals surface area contributed by atoms with Crippen molar-refractivity contribution < 1.29 is 27.2 Å². The number of rotatable bonds is 11. The van der Waals surface area contributed by atoms with Crippen LogP contribution in [0.15, 0.2) is 93.3 Å². The van der Waals surface area contributed by atoms with Gasteiger partial charge in [0.2, 0.25) is 10.0 Å². The number of hydrazone groups is 1. The fourth-order valence-electron chi connectivity index (χ4n) is 3.88. The standard InChI is InChI=1S/C30H28Cl2N4O6S/c1-3-41-28-7-5-4-6-27(28)34-29(37)30(38)35-33-17-23-12-13-24(42-23)19-36(18-21-10-11-22(31)16-26(21)32)43(39,40)25-14-8-20(2)9-15-25/h4-17H,3,18-19H2,1-2H3,(H,34,37)(H,35,38)/b33-17+. The lowest BCUT2D eigenvalue weighted by Gasteiger charge is -2.22. The highest BCUT2D eigenvalue weighted by atomic mass is 35.5. The van der Waals surface area contributed by atoms with Gasteiger partial charge in [-0.15, -0.1) is 0 Å². The van der Waals surface area contributed by atoms with E-state index in [1.54, 1.807) is 73.7 Å². The number of amides is 2. The molecule has 10 nitrogen and oxygen atoms in total. The first-order valence-corrected chi connectivity index (χ1v) is 15.2. The number of hydrogen-bond acceptors (Lipinski definition) is 7. The number of furan rings is 1. The lowest BCUT2D eigenvalue weighted by molar-refractivity contribution is -0.136. The van der Waals surface area contributed by atoms with Crippen LogP contribution in [-0.4, -0.2) is 37.4 Å². The molecule has 0 radical (unpaired) electrons. The van der Waals surface area contributed by atoms with Gasteiger partial charge >= 0.3 is 11.8 Å². The van der Waals surface area contributed by atoms with Gasteiger partial charge in [-0.1, -0.05) is 59.1 Å². The van der Waals surface area contributed by atoms with E-state index in [1.165, 1.54) is 22.7 Å². The van der Waals surface area contributed by atoms with Gasteiger partial charge in [-0.3, -0.25) is 9.59 Å². The molecule has 0 atom stereocenters. The summed E-state index contributed by atoms with van der Waals surface area (Å²) in [6, 6.07) is 21.2. The summed E-state index contributed by atoms with van der Waals surface area (Å²) in [5.41, 5.74) is 3.95. The van der Waals surface area contributed by atoms with Gasteiger partial charge in [-0.05, 0) is 67.9 Å². The summed E-state index contributed by atoms with van der Waals surface area (Å²) < 4.78 is 39.7. The summed E-state index contributed by atoms with van der Waals surface area (Å²) in [7, 11) is -3.96. The van der Waals surface area contributed by atoms with E-state index < -0.39 is 21.8 Å². The first-order valence-electron chi connectivity index (χ1n) is 13.0. The minimum absolute atomic E-state index is 0.0477. The third-order valence-corrected chi connectivity index (χ3v) is 8.43. The Balaban J connectivity index is 1.45. The molecule has 0 bridgehead atoms. The molecule has 0 spiro atoms. The Morgan fingerprint density at radius 2 is 1.72 bits per heavy atom. The molecule has 4 aromatic rings. The van der Waals surface area contributed by atoms with Gasteiger partial charge in [0.25, 0.3) is 0 Å². The van der Waals surface area contributed by atoms with Crippen LogP contribution in [-0.2, 0) is 32.7 Å². The van der Waals surface area contributed by atoms with Crippen LogP contribution in [0.4, 0.5) is 5.69 Å². The minimum atomic E-state index is -3.96. The number of nitrogens with zero attached hydrogens (tertiary/aromatic N) is 2. The van der Waals surface area contributed by atoms with Crippen molar-refractivity contribution in [2.24, 2.45) is 5.10 Å². The Kier molecular flexibility index (Phi) is 10.6. The third kappa shape index (κ3) is 8.45. The van der Waals surface area contributed by atoms with E-state index in [0.717, 1.165) is 5.56 Å².